The molecule has 6 heteroatoms. The van der Waals surface area contributed by atoms with Crippen molar-refractivity contribution >= 4 is 28.6 Å². The number of nitrogens with zero attached hydrogens (tertiary/aromatic N) is 1. The van der Waals surface area contributed by atoms with E-state index < -0.39 is 11.7 Å². The normalized spacial score (nSPS) is 20.1. The van der Waals surface area contributed by atoms with Gasteiger partial charge in [-0.15, -0.1) is 0 Å². The molecule has 0 atom stereocenters. The second kappa shape index (κ2) is 7.94. The number of carbonyl (C=O) groups excluding carboxylic acids is 2. The summed E-state index contributed by atoms with van der Waals surface area (Å²) >= 11 is 0. The van der Waals surface area contributed by atoms with Gasteiger partial charge in [-0.1, -0.05) is 18.2 Å². The highest BCUT2D eigenvalue weighted by Gasteiger charge is 2.28. The fourth-order valence-electron chi connectivity index (χ4n) is 3.41. The van der Waals surface area contributed by atoms with Gasteiger partial charge in [-0.25, -0.2) is 4.79 Å². The molecule has 3 rings (SSSR count). The molecule has 1 aromatic heterocycles. The maximum Gasteiger partial charge on any atom is 0.407 e. The molecule has 1 aliphatic carbocycles. The summed E-state index contributed by atoms with van der Waals surface area (Å²) in [6.07, 6.45) is 4.35. The molecule has 1 saturated carbocycles. The van der Waals surface area contributed by atoms with Crippen LogP contribution in [0.2, 0.25) is 0 Å². The Balaban J connectivity index is 1.53. The van der Waals surface area contributed by atoms with Crippen molar-refractivity contribution in [3.63, 3.8) is 0 Å². The number of alkyl carbamates (subject to hydrolysis) is 1. The molecule has 0 bridgehead atoms. The van der Waals surface area contributed by atoms with Crippen molar-refractivity contribution in [3.05, 3.63) is 36.5 Å². The minimum absolute atomic E-state index is 0.0297. The smallest absolute Gasteiger partial charge is 0.407 e. The molecule has 0 aliphatic heterocycles. The number of para-hydroxylation sites is 1. The highest BCUT2D eigenvalue weighted by Crippen LogP contribution is 2.27. The number of carbonyl (C=O) groups is 2. The zero-order chi connectivity index (χ0) is 19.4. The van der Waals surface area contributed by atoms with Gasteiger partial charge in [-0.3, -0.25) is 9.78 Å². The third-order valence-corrected chi connectivity index (χ3v) is 4.73. The zero-order valence-corrected chi connectivity index (χ0v) is 16.1. The summed E-state index contributed by atoms with van der Waals surface area (Å²) < 4.78 is 5.30. The van der Waals surface area contributed by atoms with Crippen LogP contribution in [0.25, 0.3) is 10.9 Å². The predicted octanol–water partition coefficient (Wildman–Crippen LogP) is 4.26. The molecular formula is C21H27N3O3. The Bertz CT molecular complexity index is 816. The minimum Gasteiger partial charge on any atom is -0.444 e. The quantitative estimate of drug-likeness (QED) is 0.847. The van der Waals surface area contributed by atoms with Crippen molar-refractivity contribution in [2.24, 2.45) is 5.92 Å². The summed E-state index contributed by atoms with van der Waals surface area (Å²) in [5.41, 5.74) is 1.15. The number of anilines is 1. The maximum absolute atomic E-state index is 12.7. The molecule has 0 saturated heterocycles. The van der Waals surface area contributed by atoms with Crippen LogP contribution in [0.1, 0.15) is 46.5 Å². The summed E-state index contributed by atoms with van der Waals surface area (Å²) in [5, 5.41) is 6.90. The second-order valence-electron chi connectivity index (χ2n) is 8.06. The number of amides is 2. The van der Waals surface area contributed by atoms with Crippen molar-refractivity contribution in [1.29, 1.82) is 0 Å². The van der Waals surface area contributed by atoms with E-state index in [1.807, 2.05) is 51.1 Å². The minimum atomic E-state index is -0.505. The number of hydrogen-bond donors (Lipinski definition) is 2. The van der Waals surface area contributed by atoms with Gasteiger partial charge < -0.3 is 15.4 Å². The van der Waals surface area contributed by atoms with Crippen LogP contribution in [0.5, 0.6) is 0 Å². The van der Waals surface area contributed by atoms with Gasteiger partial charge in [-0.2, -0.15) is 0 Å². The lowest BCUT2D eigenvalue weighted by Gasteiger charge is -2.29. The molecule has 0 spiro atoms. The first-order chi connectivity index (χ1) is 12.8. The lowest BCUT2D eigenvalue weighted by atomic mass is 9.85. The Morgan fingerprint density at radius 2 is 1.78 bits per heavy atom. The summed E-state index contributed by atoms with van der Waals surface area (Å²) in [5.74, 6) is -0.0179. The Hall–Kier alpha value is -2.63. The molecule has 1 aliphatic rings. The maximum atomic E-state index is 12.7. The van der Waals surface area contributed by atoms with E-state index in [0.717, 1.165) is 42.3 Å². The monoisotopic (exact) mass is 369 g/mol. The molecule has 1 heterocycles. The number of fused-ring (bicyclic) bond motifs is 1. The SMILES string of the molecule is CC(C)(C)OC(=O)N[C@H]1CC[C@H](C(=O)Nc2ccnc3ccccc23)CC1. The van der Waals surface area contributed by atoms with Gasteiger partial charge in [0.25, 0.3) is 0 Å². The predicted molar refractivity (Wildman–Crippen MR) is 105 cm³/mol. The van der Waals surface area contributed by atoms with E-state index in [9.17, 15) is 9.59 Å². The van der Waals surface area contributed by atoms with Crippen molar-refractivity contribution in [2.75, 3.05) is 5.32 Å². The highest BCUT2D eigenvalue weighted by atomic mass is 16.6. The van der Waals surface area contributed by atoms with E-state index in [2.05, 4.69) is 15.6 Å². The molecule has 27 heavy (non-hydrogen) atoms. The van der Waals surface area contributed by atoms with Crippen LogP contribution in [-0.4, -0.2) is 28.6 Å². The van der Waals surface area contributed by atoms with Crippen LogP contribution < -0.4 is 10.6 Å². The molecule has 6 nitrogen and oxygen atoms in total. The van der Waals surface area contributed by atoms with E-state index in [0.29, 0.717) is 0 Å². The summed E-state index contributed by atoms with van der Waals surface area (Å²) in [6.45, 7) is 5.53. The second-order valence-corrected chi connectivity index (χ2v) is 8.06. The van der Waals surface area contributed by atoms with Gasteiger partial charge in [-0.05, 0) is 58.6 Å². The molecule has 1 fully saturated rings. The van der Waals surface area contributed by atoms with Gasteiger partial charge in [0, 0.05) is 23.5 Å². The molecule has 1 aromatic carbocycles. The molecule has 2 amide bonds. The third kappa shape index (κ3) is 5.18. The number of ether oxygens (including phenoxy) is 1. The first-order valence-electron chi connectivity index (χ1n) is 9.46. The van der Waals surface area contributed by atoms with E-state index in [4.69, 9.17) is 4.74 Å². The van der Waals surface area contributed by atoms with Crippen LogP contribution in [0.4, 0.5) is 10.5 Å². The van der Waals surface area contributed by atoms with Crippen LogP contribution in [-0.2, 0) is 9.53 Å². The van der Waals surface area contributed by atoms with Crippen molar-refractivity contribution < 1.29 is 14.3 Å². The molecule has 2 aromatic rings. The van der Waals surface area contributed by atoms with Gasteiger partial charge >= 0.3 is 6.09 Å². The summed E-state index contributed by atoms with van der Waals surface area (Å²) in [4.78, 5) is 28.9. The van der Waals surface area contributed by atoms with E-state index in [1.165, 1.54) is 0 Å². The first kappa shape index (κ1) is 19.1. The highest BCUT2D eigenvalue weighted by molar-refractivity contribution is 6.01. The Morgan fingerprint density at radius 3 is 2.48 bits per heavy atom. The summed E-state index contributed by atoms with van der Waals surface area (Å²) in [7, 11) is 0. The van der Waals surface area contributed by atoms with Gasteiger partial charge in [0.15, 0.2) is 0 Å². The van der Waals surface area contributed by atoms with E-state index in [-0.39, 0.29) is 17.9 Å². The average molecular weight is 369 g/mol. The molecular weight excluding hydrogens is 342 g/mol. The largest absolute Gasteiger partial charge is 0.444 e. The lowest BCUT2D eigenvalue weighted by Crippen LogP contribution is -2.42. The number of aromatic nitrogens is 1. The Labute approximate surface area is 159 Å². The van der Waals surface area contributed by atoms with Gasteiger partial charge in [0.2, 0.25) is 5.91 Å². The number of nitrogens with one attached hydrogen (secondary N) is 2. The molecule has 2 N–H and O–H groups in total. The van der Waals surface area contributed by atoms with Gasteiger partial charge in [0.05, 0.1) is 11.2 Å². The number of benzene rings is 1. The molecule has 0 unspecified atom stereocenters. The van der Waals surface area contributed by atoms with Crippen LogP contribution in [0.3, 0.4) is 0 Å². The van der Waals surface area contributed by atoms with Crippen molar-refractivity contribution in [1.82, 2.24) is 10.3 Å². The third-order valence-electron chi connectivity index (χ3n) is 4.73. The molecule has 0 radical (unpaired) electrons. The van der Waals surface area contributed by atoms with Crippen LogP contribution >= 0.6 is 0 Å². The average Bonchev–Trinajstić information content (AvgIpc) is 2.61. The first-order valence-corrected chi connectivity index (χ1v) is 9.46. The van der Waals surface area contributed by atoms with Crippen LogP contribution in [0.15, 0.2) is 36.5 Å². The van der Waals surface area contributed by atoms with E-state index >= 15 is 0 Å². The molecule has 144 valence electrons. The zero-order valence-electron chi connectivity index (χ0n) is 16.1. The Kier molecular flexibility index (Phi) is 5.63. The number of rotatable bonds is 3. The van der Waals surface area contributed by atoms with Gasteiger partial charge in [0.1, 0.15) is 5.60 Å². The fraction of sp³-hybridized carbons (Fsp3) is 0.476. The van der Waals surface area contributed by atoms with Crippen LogP contribution in [0, 0.1) is 5.92 Å². The lowest BCUT2D eigenvalue weighted by molar-refractivity contribution is -0.120. The summed E-state index contributed by atoms with van der Waals surface area (Å²) in [6, 6.07) is 9.65. The number of pyridine rings is 1. The topological polar surface area (TPSA) is 80.3 Å². The standard InChI is InChI=1S/C21H27N3O3/c1-21(2,3)27-20(26)23-15-10-8-14(9-11-15)19(25)24-18-12-13-22-17-7-5-4-6-16(17)18/h4-7,12-15H,8-11H2,1-3H3,(H,23,26)(H,22,24,25)/t14-,15-. The Morgan fingerprint density at radius 1 is 1.07 bits per heavy atom. The van der Waals surface area contributed by atoms with Crippen molar-refractivity contribution in [2.45, 2.75) is 58.1 Å². The van der Waals surface area contributed by atoms with Crippen molar-refractivity contribution in [3.8, 4) is 0 Å². The van der Waals surface area contributed by atoms with E-state index in [1.54, 1.807) is 6.20 Å². The fourth-order valence-corrected chi connectivity index (χ4v) is 3.41. The number of hydrogen-bond acceptors (Lipinski definition) is 4.